The van der Waals surface area contributed by atoms with E-state index in [-0.39, 0.29) is 23.7 Å². The van der Waals surface area contributed by atoms with E-state index in [1.165, 1.54) is 12.1 Å². The Labute approximate surface area is 201 Å². The average Bonchev–Trinajstić information content (AvgIpc) is 2.76. The topological polar surface area (TPSA) is 52.6 Å². The Morgan fingerprint density at radius 1 is 1.00 bits per heavy atom. The highest BCUT2D eigenvalue weighted by Crippen LogP contribution is 2.45. The van der Waals surface area contributed by atoms with Gasteiger partial charge in [0.05, 0.1) is 12.0 Å². The van der Waals surface area contributed by atoms with E-state index in [9.17, 15) is 22.8 Å². The Morgan fingerprint density at radius 2 is 1.63 bits per heavy atom. The summed E-state index contributed by atoms with van der Waals surface area (Å²) < 4.78 is 47.8. The largest absolute Gasteiger partial charge is 0.573 e. The van der Waals surface area contributed by atoms with Gasteiger partial charge in [-0.25, -0.2) is 0 Å². The van der Waals surface area contributed by atoms with Gasteiger partial charge < -0.3 is 9.47 Å². The number of benzene rings is 3. The van der Waals surface area contributed by atoms with Crippen molar-refractivity contribution in [1.29, 1.82) is 0 Å². The summed E-state index contributed by atoms with van der Waals surface area (Å²) in [5, 5.41) is 0. The normalized spacial score (nSPS) is 14.9. The molecule has 0 aromatic heterocycles. The maximum Gasteiger partial charge on any atom is 0.573 e. The Balaban J connectivity index is 1.95. The Bertz CT molecular complexity index is 1270. The Hall–Kier alpha value is -3.61. The van der Waals surface area contributed by atoms with E-state index in [0.717, 1.165) is 12.1 Å². The molecule has 4 nitrogen and oxygen atoms in total. The second-order valence-corrected chi connectivity index (χ2v) is 9.47. The predicted octanol–water partition coefficient (Wildman–Crippen LogP) is 7.35. The first-order valence-corrected chi connectivity index (χ1v) is 11.3. The van der Waals surface area contributed by atoms with E-state index in [0.29, 0.717) is 33.6 Å². The molecule has 0 saturated carbocycles. The van der Waals surface area contributed by atoms with Gasteiger partial charge in [-0.3, -0.25) is 9.59 Å². The minimum Gasteiger partial charge on any atom is -0.487 e. The molecule has 0 saturated heterocycles. The van der Waals surface area contributed by atoms with Crippen LogP contribution in [0, 0.1) is 0 Å². The molecule has 0 unspecified atom stereocenters. The SMILES string of the molecule is CC(C)c1cc2c(c(-c3ccccc3)c1C(=O)c1ccc(OC(F)(F)F)cc1)C(=O)CC(C)(C)O2. The summed E-state index contributed by atoms with van der Waals surface area (Å²) in [5.74, 6) is -0.616. The van der Waals surface area contributed by atoms with Gasteiger partial charge in [0.15, 0.2) is 11.6 Å². The van der Waals surface area contributed by atoms with E-state index in [1.54, 1.807) is 6.07 Å². The molecule has 0 amide bonds. The third-order valence-electron chi connectivity index (χ3n) is 5.83. The fourth-order valence-corrected chi connectivity index (χ4v) is 4.39. The third-order valence-corrected chi connectivity index (χ3v) is 5.83. The first-order valence-electron chi connectivity index (χ1n) is 11.3. The van der Waals surface area contributed by atoms with Gasteiger partial charge in [-0.1, -0.05) is 44.2 Å². The van der Waals surface area contributed by atoms with Crippen LogP contribution in [-0.2, 0) is 0 Å². The lowest BCUT2D eigenvalue weighted by Gasteiger charge is -2.34. The fraction of sp³-hybridized carbons (Fsp3) is 0.286. The van der Waals surface area contributed by atoms with Crippen molar-refractivity contribution in [1.82, 2.24) is 0 Å². The number of Topliss-reactive ketones (excluding diaryl/α,β-unsaturated/α-hetero) is 1. The van der Waals surface area contributed by atoms with Gasteiger partial charge in [0.1, 0.15) is 17.1 Å². The van der Waals surface area contributed by atoms with E-state index in [2.05, 4.69) is 4.74 Å². The van der Waals surface area contributed by atoms with E-state index in [4.69, 9.17) is 4.74 Å². The number of hydrogen-bond donors (Lipinski definition) is 0. The molecule has 0 aliphatic carbocycles. The number of carbonyl (C=O) groups excluding carboxylic acids is 2. The zero-order chi connectivity index (χ0) is 25.5. The molecule has 1 heterocycles. The summed E-state index contributed by atoms with van der Waals surface area (Å²) >= 11 is 0. The van der Waals surface area contributed by atoms with Crippen molar-refractivity contribution >= 4 is 11.6 Å². The monoisotopic (exact) mass is 482 g/mol. The quantitative estimate of drug-likeness (QED) is 0.357. The van der Waals surface area contributed by atoms with Crippen LogP contribution in [0.5, 0.6) is 11.5 Å². The van der Waals surface area contributed by atoms with Gasteiger partial charge in [-0.2, -0.15) is 0 Å². The molecule has 182 valence electrons. The highest BCUT2D eigenvalue weighted by Gasteiger charge is 2.38. The van der Waals surface area contributed by atoms with Gasteiger partial charge in [0.2, 0.25) is 0 Å². The molecule has 35 heavy (non-hydrogen) atoms. The highest BCUT2D eigenvalue weighted by atomic mass is 19.4. The number of alkyl halides is 3. The van der Waals surface area contributed by atoms with Crippen molar-refractivity contribution in [2.24, 2.45) is 0 Å². The molecule has 0 N–H and O–H groups in total. The van der Waals surface area contributed by atoms with Gasteiger partial charge in [-0.15, -0.1) is 13.2 Å². The zero-order valence-electron chi connectivity index (χ0n) is 19.8. The van der Waals surface area contributed by atoms with Crippen molar-refractivity contribution in [2.75, 3.05) is 0 Å². The van der Waals surface area contributed by atoms with Crippen LogP contribution in [0.15, 0.2) is 60.7 Å². The molecule has 3 aromatic carbocycles. The number of ether oxygens (including phenoxy) is 2. The molecule has 1 aliphatic heterocycles. The number of hydrogen-bond acceptors (Lipinski definition) is 4. The van der Waals surface area contributed by atoms with Crippen molar-refractivity contribution in [2.45, 2.75) is 52.0 Å². The fourth-order valence-electron chi connectivity index (χ4n) is 4.39. The minimum absolute atomic E-state index is 0.0988. The summed E-state index contributed by atoms with van der Waals surface area (Å²) in [6, 6.07) is 15.7. The van der Waals surface area contributed by atoms with Crippen LogP contribution in [-0.4, -0.2) is 23.5 Å². The van der Waals surface area contributed by atoms with Crippen LogP contribution in [0.1, 0.15) is 71.9 Å². The highest BCUT2D eigenvalue weighted by molar-refractivity contribution is 6.18. The van der Waals surface area contributed by atoms with Crippen LogP contribution < -0.4 is 9.47 Å². The molecule has 0 radical (unpaired) electrons. The number of rotatable bonds is 5. The van der Waals surface area contributed by atoms with Crippen LogP contribution in [0.25, 0.3) is 11.1 Å². The number of carbonyl (C=O) groups is 2. The Kier molecular flexibility index (Phi) is 6.21. The summed E-state index contributed by atoms with van der Waals surface area (Å²) in [5.41, 5.74) is 2.03. The molecule has 3 aromatic rings. The first kappa shape index (κ1) is 24.5. The maximum absolute atomic E-state index is 13.9. The lowest BCUT2D eigenvalue weighted by Crippen LogP contribution is -2.36. The molecule has 0 atom stereocenters. The van der Waals surface area contributed by atoms with E-state index < -0.39 is 23.5 Å². The van der Waals surface area contributed by atoms with Crippen molar-refractivity contribution < 1.29 is 32.2 Å². The zero-order valence-corrected chi connectivity index (χ0v) is 19.8. The van der Waals surface area contributed by atoms with E-state index in [1.807, 2.05) is 58.0 Å². The summed E-state index contributed by atoms with van der Waals surface area (Å²) in [6.07, 6.45) is -4.68. The van der Waals surface area contributed by atoms with Crippen molar-refractivity contribution in [3.8, 4) is 22.6 Å². The maximum atomic E-state index is 13.9. The van der Waals surface area contributed by atoms with Gasteiger partial charge in [0.25, 0.3) is 0 Å². The summed E-state index contributed by atoms with van der Waals surface area (Å²) in [6.45, 7) is 7.55. The molecule has 0 bridgehead atoms. The Morgan fingerprint density at radius 3 is 2.20 bits per heavy atom. The number of fused-ring (bicyclic) bond motifs is 1. The molecule has 7 heteroatoms. The van der Waals surface area contributed by atoms with Gasteiger partial charge in [0, 0.05) is 16.7 Å². The first-order chi connectivity index (χ1) is 16.4. The van der Waals surface area contributed by atoms with Crippen LogP contribution in [0.2, 0.25) is 0 Å². The molecule has 4 rings (SSSR count). The minimum atomic E-state index is -4.83. The van der Waals surface area contributed by atoms with E-state index >= 15 is 0 Å². The second-order valence-electron chi connectivity index (χ2n) is 9.47. The van der Waals surface area contributed by atoms with Crippen LogP contribution in [0.3, 0.4) is 0 Å². The standard InChI is InChI=1S/C28H25F3O4/c1-16(2)20-14-22-25(21(32)15-27(3,4)35-22)23(17-8-6-5-7-9-17)24(20)26(33)18-10-12-19(13-11-18)34-28(29,30)31/h5-14,16H,15H2,1-4H3. The smallest absolute Gasteiger partial charge is 0.487 e. The molecular weight excluding hydrogens is 457 g/mol. The molecular formula is C28H25F3O4. The van der Waals surface area contributed by atoms with Gasteiger partial charge in [-0.05, 0) is 61.2 Å². The van der Waals surface area contributed by atoms with Crippen LogP contribution >= 0.6 is 0 Å². The molecule has 0 fully saturated rings. The second kappa shape index (κ2) is 8.87. The van der Waals surface area contributed by atoms with Crippen molar-refractivity contribution in [3.63, 3.8) is 0 Å². The molecule has 0 spiro atoms. The lowest BCUT2D eigenvalue weighted by molar-refractivity contribution is -0.274. The third kappa shape index (κ3) is 5.09. The van der Waals surface area contributed by atoms with Gasteiger partial charge >= 0.3 is 6.36 Å². The lowest BCUT2D eigenvalue weighted by atomic mass is 9.79. The predicted molar refractivity (Wildman–Crippen MR) is 126 cm³/mol. The molecule has 1 aliphatic rings. The van der Waals surface area contributed by atoms with Crippen LogP contribution in [0.4, 0.5) is 13.2 Å². The number of halogens is 3. The number of ketones is 2. The average molecular weight is 482 g/mol. The summed E-state index contributed by atoms with van der Waals surface area (Å²) in [7, 11) is 0. The van der Waals surface area contributed by atoms with Crippen molar-refractivity contribution in [3.05, 3.63) is 82.9 Å². The summed E-state index contributed by atoms with van der Waals surface area (Å²) in [4.78, 5) is 27.2.